The summed E-state index contributed by atoms with van der Waals surface area (Å²) in [5, 5.41) is 15.1. The Bertz CT molecular complexity index is 1020. The highest BCUT2D eigenvalue weighted by Gasteiger charge is 2.19. The summed E-state index contributed by atoms with van der Waals surface area (Å²) < 4.78 is 5.45. The summed E-state index contributed by atoms with van der Waals surface area (Å²) in [6.07, 6.45) is 17.1. The Kier molecular flexibility index (Phi) is 10.8. The van der Waals surface area contributed by atoms with Gasteiger partial charge in [-0.2, -0.15) is 5.10 Å². The Balaban J connectivity index is 1.72. The van der Waals surface area contributed by atoms with Gasteiger partial charge < -0.3 is 15.5 Å². The number of hydrogen-bond acceptors (Lipinski definition) is 5. The molecule has 0 bridgehead atoms. The van der Waals surface area contributed by atoms with Crippen molar-refractivity contribution in [3.63, 3.8) is 0 Å². The number of hydrogen-bond donors (Lipinski definition) is 3. The van der Waals surface area contributed by atoms with Gasteiger partial charge in [0.15, 0.2) is 0 Å². The maximum Gasteiger partial charge on any atom is 0.140 e. The van der Waals surface area contributed by atoms with Gasteiger partial charge in [-0.05, 0) is 62.4 Å². The number of morpholine rings is 1. The minimum Gasteiger partial charge on any atom is -0.382 e. The molecule has 1 saturated heterocycles. The average molecular weight is 493 g/mol. The van der Waals surface area contributed by atoms with Gasteiger partial charge in [-0.1, -0.05) is 44.2 Å². The number of ether oxygens (including phenoxy) is 1. The van der Waals surface area contributed by atoms with Crippen LogP contribution < -0.4 is 5.73 Å². The fourth-order valence-corrected chi connectivity index (χ4v) is 4.58. The van der Waals surface area contributed by atoms with Gasteiger partial charge in [-0.15, -0.1) is 0 Å². The number of nitrogen functional groups attached to an aromatic ring is 1. The monoisotopic (exact) mass is 492 g/mol. The zero-order valence-corrected chi connectivity index (χ0v) is 22.5. The van der Waals surface area contributed by atoms with E-state index in [0.29, 0.717) is 5.69 Å². The maximum absolute atomic E-state index is 8.14. The van der Waals surface area contributed by atoms with Crippen LogP contribution in [-0.4, -0.2) is 72.9 Å². The van der Waals surface area contributed by atoms with E-state index in [0.717, 1.165) is 87.6 Å². The number of aryl methyl sites for hydroxylation is 1. The van der Waals surface area contributed by atoms with Gasteiger partial charge in [0.25, 0.3) is 0 Å². The van der Waals surface area contributed by atoms with E-state index in [1.54, 1.807) is 0 Å². The fraction of sp³-hybridized carbons (Fsp3) is 0.517. The van der Waals surface area contributed by atoms with E-state index >= 15 is 0 Å². The number of nitrogens with zero attached hydrogens (tertiary/aromatic N) is 3. The number of nitrogens with two attached hydrogens (primary N) is 1. The molecule has 1 aliphatic heterocycles. The molecule has 0 spiro atoms. The summed E-state index contributed by atoms with van der Waals surface area (Å²) in [7, 11) is 2.03. The molecule has 196 valence electrons. The molecule has 1 aliphatic carbocycles. The van der Waals surface area contributed by atoms with Crippen LogP contribution in [-0.2, 0) is 11.2 Å². The molecule has 0 radical (unpaired) electrons. The van der Waals surface area contributed by atoms with Crippen molar-refractivity contribution in [3.8, 4) is 0 Å². The summed E-state index contributed by atoms with van der Waals surface area (Å²) in [4.78, 5) is 5.86. The lowest BCUT2D eigenvalue weighted by Crippen LogP contribution is -2.36. The largest absolute Gasteiger partial charge is 0.382 e. The first kappa shape index (κ1) is 27.7. The van der Waals surface area contributed by atoms with Gasteiger partial charge in [0.05, 0.1) is 31.2 Å². The van der Waals surface area contributed by atoms with Crippen LogP contribution in [0, 0.1) is 11.3 Å². The number of hydrazone groups is 1. The minimum absolute atomic E-state index is 0.0609. The number of H-pyrrole nitrogens is 1. The summed E-state index contributed by atoms with van der Waals surface area (Å²) >= 11 is 0. The van der Waals surface area contributed by atoms with Crippen molar-refractivity contribution in [2.24, 2.45) is 16.8 Å². The van der Waals surface area contributed by atoms with Crippen molar-refractivity contribution in [2.75, 3.05) is 46.4 Å². The van der Waals surface area contributed by atoms with Crippen LogP contribution in [0.1, 0.15) is 57.0 Å². The lowest BCUT2D eigenvalue weighted by molar-refractivity contribution is 0.0374. The molecule has 7 nitrogen and oxygen atoms in total. The quantitative estimate of drug-likeness (QED) is 0.170. The van der Waals surface area contributed by atoms with Crippen molar-refractivity contribution >= 4 is 17.1 Å². The fourth-order valence-electron chi connectivity index (χ4n) is 4.58. The lowest BCUT2D eigenvalue weighted by Gasteiger charge is -2.26. The van der Waals surface area contributed by atoms with Crippen LogP contribution in [0.3, 0.4) is 0 Å². The molecule has 1 aromatic rings. The van der Waals surface area contributed by atoms with Crippen LogP contribution in [0.15, 0.2) is 53.2 Å². The van der Waals surface area contributed by atoms with Crippen molar-refractivity contribution in [1.29, 1.82) is 5.41 Å². The van der Waals surface area contributed by atoms with E-state index in [-0.39, 0.29) is 11.8 Å². The third kappa shape index (κ3) is 8.07. The van der Waals surface area contributed by atoms with E-state index in [9.17, 15) is 0 Å². The molecule has 2 aliphatic rings. The van der Waals surface area contributed by atoms with Crippen LogP contribution in [0.25, 0.3) is 5.57 Å². The second kappa shape index (κ2) is 14.0. The van der Waals surface area contributed by atoms with E-state index in [4.69, 9.17) is 21.0 Å². The second-order valence-electron chi connectivity index (χ2n) is 9.67. The normalized spacial score (nSPS) is 20.3. The van der Waals surface area contributed by atoms with Crippen molar-refractivity contribution < 1.29 is 4.74 Å². The number of allylic oxidation sites excluding steroid dienone is 7. The molecule has 1 aromatic heterocycles. The summed E-state index contributed by atoms with van der Waals surface area (Å²) in [5.41, 5.74) is 12.1. The Morgan fingerprint density at radius 2 is 2.11 bits per heavy atom. The van der Waals surface area contributed by atoms with E-state index < -0.39 is 0 Å². The summed E-state index contributed by atoms with van der Waals surface area (Å²) in [6, 6.07) is 2.15. The zero-order chi connectivity index (χ0) is 25.9. The number of likely N-dealkylation sites (N-methyl/N-ethyl adjacent to an activating group) is 1. The van der Waals surface area contributed by atoms with Crippen molar-refractivity contribution in [1.82, 2.24) is 14.9 Å². The molecular formula is C29H44N6O. The Morgan fingerprint density at radius 3 is 2.81 bits per heavy atom. The number of aromatic nitrogens is 1. The van der Waals surface area contributed by atoms with E-state index in [1.165, 1.54) is 5.57 Å². The first-order chi connectivity index (χ1) is 17.4. The molecule has 0 aromatic carbocycles. The molecule has 1 atom stereocenters. The standard InChI is InChI=1S/C29H44N6O/c1-5-7-8-10-23(6-2)21-34(4)33-27-19-24(13-12-22(27)3)26-20-25(32-28(26)29(30)31)11-9-14-35-15-17-36-18-16-35/h6-8,12-13,19-20,22,32H,5,9-11,14-18,21H2,1-4H3,(H3,30,31)/b8-7-,23-6+,33-27-. The molecule has 0 saturated carbocycles. The Morgan fingerprint density at radius 1 is 1.33 bits per heavy atom. The minimum atomic E-state index is 0.0609. The highest BCUT2D eigenvalue weighted by Crippen LogP contribution is 2.27. The second-order valence-corrected chi connectivity index (χ2v) is 9.67. The van der Waals surface area contributed by atoms with Gasteiger partial charge in [0.1, 0.15) is 5.84 Å². The van der Waals surface area contributed by atoms with E-state index in [1.807, 2.05) is 12.1 Å². The van der Waals surface area contributed by atoms with Gasteiger partial charge in [0, 0.05) is 37.3 Å². The predicted molar refractivity (Wildman–Crippen MR) is 152 cm³/mol. The number of rotatable bonds is 12. The molecular weight excluding hydrogens is 448 g/mol. The molecule has 7 heteroatoms. The van der Waals surface area contributed by atoms with Gasteiger partial charge >= 0.3 is 0 Å². The first-order valence-electron chi connectivity index (χ1n) is 13.3. The molecule has 0 amide bonds. The van der Waals surface area contributed by atoms with Gasteiger partial charge in [0.2, 0.25) is 0 Å². The Labute approximate surface area is 217 Å². The van der Waals surface area contributed by atoms with Crippen molar-refractivity contribution in [2.45, 2.75) is 46.5 Å². The molecule has 1 fully saturated rings. The molecule has 4 N–H and O–H groups in total. The van der Waals surface area contributed by atoms with Crippen LogP contribution in [0.2, 0.25) is 0 Å². The van der Waals surface area contributed by atoms with Crippen molar-refractivity contribution in [3.05, 3.63) is 65.0 Å². The first-order valence-corrected chi connectivity index (χ1v) is 13.3. The third-order valence-corrected chi connectivity index (χ3v) is 6.72. The number of aromatic amines is 1. The third-order valence-electron chi connectivity index (χ3n) is 6.72. The lowest BCUT2D eigenvalue weighted by atomic mass is 9.92. The van der Waals surface area contributed by atoms with Gasteiger partial charge in [-0.25, -0.2) is 0 Å². The molecule has 2 heterocycles. The number of amidine groups is 1. The summed E-state index contributed by atoms with van der Waals surface area (Å²) in [6.45, 7) is 11.9. The number of nitrogens with one attached hydrogen (secondary N) is 2. The molecule has 1 unspecified atom stereocenters. The smallest absolute Gasteiger partial charge is 0.140 e. The highest BCUT2D eigenvalue weighted by molar-refractivity contribution is 6.09. The van der Waals surface area contributed by atoms with Crippen LogP contribution in [0.4, 0.5) is 0 Å². The highest BCUT2D eigenvalue weighted by atomic mass is 16.5. The van der Waals surface area contributed by atoms with Crippen LogP contribution in [0.5, 0.6) is 0 Å². The molecule has 36 heavy (non-hydrogen) atoms. The maximum atomic E-state index is 8.14. The summed E-state index contributed by atoms with van der Waals surface area (Å²) in [5.74, 6) is 0.281. The zero-order valence-electron chi connectivity index (χ0n) is 22.5. The van der Waals surface area contributed by atoms with Crippen LogP contribution >= 0.6 is 0 Å². The Hall–Kier alpha value is -2.90. The average Bonchev–Trinajstić information content (AvgIpc) is 3.30. The van der Waals surface area contributed by atoms with Gasteiger partial charge in [-0.3, -0.25) is 15.3 Å². The topological polar surface area (TPSA) is 93.7 Å². The SMILES string of the molecule is C/C=C(\C/C=C\CC)CN(C)/N=C1/C=C(c2cc(CCCN3CCOCC3)[nH]c2C(=N)N)C=CC1C. The predicted octanol–water partition coefficient (Wildman–Crippen LogP) is 4.74. The molecule has 3 rings (SSSR count). The van der Waals surface area contributed by atoms with E-state index in [2.05, 4.69) is 73.2 Å².